The topological polar surface area (TPSA) is 72.4 Å². The molecule has 0 saturated carbocycles. The molecule has 0 aliphatic carbocycles. The first-order chi connectivity index (χ1) is 17.2. The average molecular weight is 525 g/mol. The van der Waals surface area contributed by atoms with E-state index in [2.05, 4.69) is 115 Å². The SMILES string of the molecule is BrCCCOc1ccc(C2=c3ccc([nH]3)=Cc3ccc([nH]3)C=c3ccc([nH]3)=Cc3ccc2[nH]3)cc1. The van der Waals surface area contributed by atoms with Crippen molar-refractivity contribution in [2.24, 2.45) is 0 Å². The molecule has 6 rings (SSSR count). The third-order valence-electron chi connectivity index (χ3n) is 6.04. The van der Waals surface area contributed by atoms with E-state index in [1.54, 1.807) is 0 Å². The number of hydrogen-bond donors (Lipinski definition) is 4. The number of ether oxygens (including phenoxy) is 1. The van der Waals surface area contributed by atoms with Crippen LogP contribution in [0.1, 0.15) is 34.8 Å². The van der Waals surface area contributed by atoms with Crippen LogP contribution in [0.3, 0.4) is 0 Å². The molecule has 4 N–H and O–H groups in total. The molecular formula is C29H25BrN4O. The lowest BCUT2D eigenvalue weighted by atomic mass is 10.0. The van der Waals surface area contributed by atoms with Crippen LogP contribution in [0.5, 0.6) is 5.75 Å². The number of halogens is 1. The Morgan fingerprint density at radius 2 is 1.23 bits per heavy atom. The summed E-state index contributed by atoms with van der Waals surface area (Å²) in [6.07, 6.45) is 7.34. The molecule has 5 heterocycles. The highest BCUT2D eigenvalue weighted by Crippen LogP contribution is 2.23. The highest BCUT2D eigenvalue weighted by atomic mass is 79.9. The molecule has 5 aromatic rings. The van der Waals surface area contributed by atoms with Crippen molar-refractivity contribution in [1.29, 1.82) is 0 Å². The summed E-state index contributed by atoms with van der Waals surface area (Å²) < 4.78 is 5.86. The van der Waals surface area contributed by atoms with Crippen molar-refractivity contribution < 1.29 is 4.74 Å². The van der Waals surface area contributed by atoms with Crippen LogP contribution >= 0.6 is 15.9 Å². The summed E-state index contributed by atoms with van der Waals surface area (Å²) in [5, 5.41) is 5.12. The Labute approximate surface area is 210 Å². The van der Waals surface area contributed by atoms with Crippen molar-refractivity contribution in [2.45, 2.75) is 6.42 Å². The largest absolute Gasteiger partial charge is 0.494 e. The Balaban J connectivity index is 1.52. The lowest BCUT2D eigenvalue weighted by Gasteiger charge is -2.09. The number of rotatable bonds is 5. The zero-order valence-electron chi connectivity index (χ0n) is 19.1. The van der Waals surface area contributed by atoms with Gasteiger partial charge in [0.2, 0.25) is 0 Å². The molecule has 0 amide bonds. The summed E-state index contributed by atoms with van der Waals surface area (Å²) in [7, 11) is 0. The van der Waals surface area contributed by atoms with E-state index in [1.807, 2.05) is 12.1 Å². The summed E-state index contributed by atoms with van der Waals surface area (Å²) in [6, 6.07) is 25.2. The lowest BCUT2D eigenvalue weighted by molar-refractivity contribution is 0.319. The quantitative estimate of drug-likeness (QED) is 0.203. The molecule has 6 heteroatoms. The fourth-order valence-corrected chi connectivity index (χ4v) is 4.63. The van der Waals surface area contributed by atoms with Gasteiger partial charge in [-0.3, -0.25) is 0 Å². The van der Waals surface area contributed by atoms with Gasteiger partial charge in [-0.15, -0.1) is 0 Å². The number of fused-ring (bicyclic) bond motifs is 8. The van der Waals surface area contributed by atoms with Gasteiger partial charge in [-0.2, -0.15) is 0 Å². The van der Waals surface area contributed by atoms with Crippen molar-refractivity contribution in [3.63, 3.8) is 0 Å². The van der Waals surface area contributed by atoms with Gasteiger partial charge in [0.25, 0.3) is 0 Å². The summed E-state index contributed by atoms with van der Waals surface area (Å²) in [5.74, 6) is 0.881. The van der Waals surface area contributed by atoms with Gasteiger partial charge in [-0.25, -0.2) is 0 Å². The molecule has 174 valence electrons. The Hall–Kier alpha value is -3.90. The van der Waals surface area contributed by atoms with Gasteiger partial charge in [-0.1, -0.05) is 28.1 Å². The summed E-state index contributed by atoms with van der Waals surface area (Å²) >= 11 is 3.45. The first-order valence-electron chi connectivity index (χ1n) is 11.7. The van der Waals surface area contributed by atoms with Crippen molar-refractivity contribution >= 4 is 39.7 Å². The van der Waals surface area contributed by atoms with Crippen molar-refractivity contribution in [2.75, 3.05) is 11.9 Å². The maximum atomic E-state index is 5.86. The Kier molecular flexibility index (Phi) is 5.80. The molecule has 1 aromatic carbocycles. The lowest BCUT2D eigenvalue weighted by Crippen LogP contribution is -2.15. The van der Waals surface area contributed by atoms with Crippen LogP contribution in [0.15, 0.2) is 72.8 Å². The molecule has 0 saturated heterocycles. The zero-order chi connectivity index (χ0) is 23.6. The molecule has 0 spiro atoms. The molecule has 0 unspecified atom stereocenters. The van der Waals surface area contributed by atoms with E-state index in [4.69, 9.17) is 4.74 Å². The molecule has 35 heavy (non-hydrogen) atoms. The first-order valence-corrected chi connectivity index (χ1v) is 12.8. The smallest absolute Gasteiger partial charge is 0.119 e. The molecule has 4 aromatic heterocycles. The number of hydrogen-bond acceptors (Lipinski definition) is 1. The predicted octanol–water partition coefficient (Wildman–Crippen LogP) is 3.21. The van der Waals surface area contributed by atoms with Crippen LogP contribution < -0.4 is 26.1 Å². The van der Waals surface area contributed by atoms with E-state index >= 15 is 0 Å². The first kappa shape index (κ1) is 21.6. The third-order valence-corrected chi connectivity index (χ3v) is 6.60. The normalized spacial score (nSPS) is 12.5. The van der Waals surface area contributed by atoms with E-state index in [-0.39, 0.29) is 0 Å². The minimum atomic E-state index is 0.700. The van der Waals surface area contributed by atoms with Crippen molar-refractivity contribution in [1.82, 2.24) is 19.9 Å². The van der Waals surface area contributed by atoms with Crippen LogP contribution in [0.4, 0.5) is 0 Å². The highest BCUT2D eigenvalue weighted by molar-refractivity contribution is 9.09. The van der Waals surface area contributed by atoms with Gasteiger partial charge in [-0.05, 0) is 90.9 Å². The van der Waals surface area contributed by atoms with Crippen LogP contribution in [-0.2, 0) is 0 Å². The van der Waals surface area contributed by atoms with Crippen LogP contribution in [0.25, 0.3) is 23.8 Å². The minimum absolute atomic E-state index is 0.700. The second-order valence-corrected chi connectivity index (χ2v) is 9.41. The van der Waals surface area contributed by atoms with Crippen molar-refractivity contribution in [3.05, 3.63) is 123 Å². The van der Waals surface area contributed by atoms with Crippen LogP contribution in [0.2, 0.25) is 0 Å². The van der Waals surface area contributed by atoms with Gasteiger partial charge < -0.3 is 24.7 Å². The molecule has 0 atom stereocenters. The van der Waals surface area contributed by atoms with E-state index in [9.17, 15) is 0 Å². The molecule has 8 bridgehead atoms. The van der Waals surface area contributed by atoms with Crippen molar-refractivity contribution in [3.8, 4) is 5.75 Å². The highest BCUT2D eigenvalue weighted by Gasteiger charge is 2.10. The zero-order valence-corrected chi connectivity index (χ0v) is 20.7. The minimum Gasteiger partial charge on any atom is -0.494 e. The number of alkyl halides is 1. The number of aromatic nitrogens is 4. The Morgan fingerprint density at radius 3 is 1.94 bits per heavy atom. The van der Waals surface area contributed by atoms with Gasteiger partial charge in [0, 0.05) is 55.1 Å². The molecule has 1 aliphatic heterocycles. The molecule has 0 fully saturated rings. The average Bonchev–Trinajstić information content (AvgIpc) is 3.66. The standard InChI is InChI=1S/C29H25BrN4O/c30-14-1-15-35-26-10-2-19(3-11-26)29-27-12-8-24(33-27)17-22-6-4-20(31-22)16-21-5-7-23(32-21)18-25-9-13-28(29)34-25/h2-13,16-18,31-34H,1,14-15H2. The number of H-pyrrole nitrogens is 4. The van der Waals surface area contributed by atoms with Gasteiger partial charge in [0.15, 0.2) is 0 Å². The number of benzene rings is 1. The van der Waals surface area contributed by atoms with E-state index in [1.165, 1.54) is 0 Å². The molecule has 0 radical (unpaired) electrons. The fourth-order valence-electron chi connectivity index (χ4n) is 4.40. The number of aromatic amines is 4. The van der Waals surface area contributed by atoms with Gasteiger partial charge in [0.1, 0.15) is 5.75 Å². The Bertz CT molecular complexity index is 1710. The van der Waals surface area contributed by atoms with E-state index < -0.39 is 0 Å². The number of nitrogens with one attached hydrogen (secondary N) is 4. The third kappa shape index (κ3) is 4.70. The van der Waals surface area contributed by atoms with Crippen LogP contribution in [-0.4, -0.2) is 31.9 Å². The van der Waals surface area contributed by atoms with Gasteiger partial charge in [0.05, 0.1) is 6.61 Å². The van der Waals surface area contributed by atoms with E-state index in [0.29, 0.717) is 6.61 Å². The predicted molar refractivity (Wildman–Crippen MR) is 144 cm³/mol. The maximum Gasteiger partial charge on any atom is 0.119 e. The maximum absolute atomic E-state index is 5.86. The van der Waals surface area contributed by atoms with Gasteiger partial charge >= 0.3 is 0 Å². The molecule has 1 aliphatic rings. The summed E-state index contributed by atoms with van der Waals surface area (Å²) in [6.45, 7) is 0.700. The Morgan fingerprint density at radius 1 is 0.600 bits per heavy atom. The summed E-state index contributed by atoms with van der Waals surface area (Å²) in [5.41, 5.74) is 6.40. The molecular weight excluding hydrogens is 500 g/mol. The monoisotopic (exact) mass is 524 g/mol. The van der Waals surface area contributed by atoms with Crippen LogP contribution in [0, 0.1) is 0 Å². The fraction of sp³-hybridized carbons (Fsp3) is 0.103. The summed E-state index contributed by atoms with van der Waals surface area (Å²) in [4.78, 5) is 14.2. The second kappa shape index (κ2) is 9.39. The molecule has 5 nitrogen and oxygen atoms in total. The second-order valence-electron chi connectivity index (χ2n) is 8.62. The van der Waals surface area contributed by atoms with E-state index in [0.717, 1.165) is 72.8 Å².